The molecule has 1 N–H and O–H groups in total. The molecule has 1 aliphatic rings. The van der Waals surface area contributed by atoms with Crippen LogP contribution in [0, 0.1) is 0 Å². The van der Waals surface area contributed by atoms with Gasteiger partial charge in [0, 0.05) is 15.7 Å². The molecule has 1 heterocycles. The van der Waals surface area contributed by atoms with E-state index in [9.17, 15) is 14.7 Å². The molecule has 1 fully saturated rings. The lowest BCUT2D eigenvalue weighted by Gasteiger charge is -2.25. The zero-order valence-corrected chi connectivity index (χ0v) is 16.3. The molecule has 0 aliphatic carbocycles. The van der Waals surface area contributed by atoms with Gasteiger partial charge in [-0.15, -0.1) is 0 Å². The van der Waals surface area contributed by atoms with Crippen LogP contribution in [0.15, 0.2) is 95.0 Å². The maximum atomic E-state index is 13.0. The average molecular weight is 434 g/mol. The number of ketones is 1. The van der Waals surface area contributed by atoms with Crippen LogP contribution in [0.1, 0.15) is 17.2 Å². The van der Waals surface area contributed by atoms with Crippen LogP contribution < -0.4 is 4.90 Å². The minimum absolute atomic E-state index is 0.0855. The summed E-state index contributed by atoms with van der Waals surface area (Å²) in [6.45, 7) is 0. The van der Waals surface area contributed by atoms with Crippen molar-refractivity contribution in [3.63, 3.8) is 0 Å². The van der Waals surface area contributed by atoms with E-state index in [4.69, 9.17) is 0 Å². The molecule has 1 aliphatic heterocycles. The van der Waals surface area contributed by atoms with E-state index in [-0.39, 0.29) is 11.3 Å². The predicted octanol–water partition coefficient (Wildman–Crippen LogP) is 5.08. The number of hydrogen-bond acceptors (Lipinski definition) is 3. The predicted molar refractivity (Wildman–Crippen MR) is 112 cm³/mol. The molecule has 5 heteroatoms. The maximum absolute atomic E-state index is 13.0. The quantitative estimate of drug-likeness (QED) is 0.356. The Balaban J connectivity index is 1.95. The Morgan fingerprint density at radius 1 is 0.857 bits per heavy atom. The molecule has 138 valence electrons. The van der Waals surface area contributed by atoms with E-state index in [0.29, 0.717) is 11.3 Å². The summed E-state index contributed by atoms with van der Waals surface area (Å²) < 4.78 is 0.793. The Labute approximate surface area is 170 Å². The highest BCUT2D eigenvalue weighted by Crippen LogP contribution is 2.42. The zero-order valence-electron chi connectivity index (χ0n) is 14.7. The lowest BCUT2D eigenvalue weighted by molar-refractivity contribution is -0.132. The van der Waals surface area contributed by atoms with Crippen molar-refractivity contribution in [3.8, 4) is 0 Å². The van der Waals surface area contributed by atoms with Crippen LogP contribution in [0.25, 0.3) is 5.76 Å². The number of rotatable bonds is 3. The monoisotopic (exact) mass is 433 g/mol. The number of nitrogens with zero attached hydrogens (tertiary/aromatic N) is 1. The first-order valence-electron chi connectivity index (χ1n) is 8.75. The van der Waals surface area contributed by atoms with Crippen LogP contribution in [0.4, 0.5) is 5.69 Å². The van der Waals surface area contributed by atoms with Gasteiger partial charge in [0.25, 0.3) is 11.7 Å². The lowest BCUT2D eigenvalue weighted by atomic mass is 9.95. The van der Waals surface area contributed by atoms with Crippen molar-refractivity contribution >= 4 is 39.1 Å². The summed E-state index contributed by atoms with van der Waals surface area (Å²) in [5, 5.41) is 10.9. The van der Waals surface area contributed by atoms with Gasteiger partial charge in [-0.1, -0.05) is 82.7 Å². The fraction of sp³-hybridized carbons (Fsp3) is 0.0435. The van der Waals surface area contributed by atoms with E-state index in [1.165, 1.54) is 4.90 Å². The Bertz CT molecular complexity index is 1080. The maximum Gasteiger partial charge on any atom is 0.300 e. The highest BCUT2D eigenvalue weighted by molar-refractivity contribution is 9.10. The van der Waals surface area contributed by atoms with E-state index < -0.39 is 17.7 Å². The molecule has 0 spiro atoms. The number of benzene rings is 3. The molecular formula is C23H16BrNO3. The Morgan fingerprint density at radius 3 is 2.14 bits per heavy atom. The van der Waals surface area contributed by atoms with Crippen molar-refractivity contribution in [2.24, 2.45) is 0 Å². The Hall–Kier alpha value is -3.18. The molecule has 4 rings (SSSR count). The molecule has 0 unspecified atom stereocenters. The Morgan fingerprint density at radius 2 is 1.50 bits per heavy atom. The van der Waals surface area contributed by atoms with Gasteiger partial charge in [0.05, 0.1) is 11.6 Å². The van der Waals surface area contributed by atoms with Crippen LogP contribution in [0.3, 0.4) is 0 Å². The third kappa shape index (κ3) is 3.14. The normalized spacial score (nSPS) is 18.5. The standard InChI is InChI=1S/C23H16BrNO3/c24-17-12-7-13-18(14-17)25-20(15-8-3-1-4-9-15)19(22(27)23(25)28)21(26)16-10-5-2-6-11-16/h1-14,20,26H/t20-/m0/s1. The zero-order chi connectivity index (χ0) is 19.7. The summed E-state index contributed by atoms with van der Waals surface area (Å²) in [5.41, 5.74) is 1.91. The van der Waals surface area contributed by atoms with Gasteiger partial charge >= 0.3 is 0 Å². The molecule has 0 aromatic heterocycles. The van der Waals surface area contributed by atoms with Gasteiger partial charge in [-0.3, -0.25) is 14.5 Å². The number of aliphatic hydroxyl groups excluding tert-OH is 1. The fourth-order valence-electron chi connectivity index (χ4n) is 3.43. The van der Waals surface area contributed by atoms with Gasteiger partial charge in [-0.25, -0.2) is 0 Å². The number of halogens is 1. The van der Waals surface area contributed by atoms with Gasteiger partial charge in [-0.2, -0.15) is 0 Å². The van der Waals surface area contributed by atoms with E-state index in [1.54, 1.807) is 42.5 Å². The molecule has 1 saturated heterocycles. The molecule has 0 bridgehead atoms. The van der Waals surface area contributed by atoms with Crippen LogP contribution >= 0.6 is 15.9 Å². The summed E-state index contributed by atoms with van der Waals surface area (Å²) in [7, 11) is 0. The number of aliphatic hydroxyl groups is 1. The minimum atomic E-state index is -0.712. The Kier molecular flexibility index (Phi) is 4.84. The summed E-state index contributed by atoms with van der Waals surface area (Å²) >= 11 is 3.42. The highest BCUT2D eigenvalue weighted by Gasteiger charge is 2.46. The molecule has 4 nitrogen and oxygen atoms in total. The molecule has 0 saturated carbocycles. The number of amides is 1. The molecule has 28 heavy (non-hydrogen) atoms. The van der Waals surface area contributed by atoms with Crippen molar-refractivity contribution < 1.29 is 14.7 Å². The number of carbonyl (C=O) groups excluding carboxylic acids is 2. The van der Waals surface area contributed by atoms with Gasteiger partial charge in [0.15, 0.2) is 0 Å². The molecule has 1 atom stereocenters. The van der Waals surface area contributed by atoms with E-state index in [1.807, 2.05) is 42.5 Å². The van der Waals surface area contributed by atoms with Crippen LogP contribution in [0.2, 0.25) is 0 Å². The summed E-state index contributed by atoms with van der Waals surface area (Å²) in [4.78, 5) is 27.4. The first-order chi connectivity index (χ1) is 13.6. The highest BCUT2D eigenvalue weighted by atomic mass is 79.9. The average Bonchev–Trinajstić information content (AvgIpc) is 3.00. The van der Waals surface area contributed by atoms with Gasteiger partial charge in [0.2, 0.25) is 0 Å². The number of anilines is 1. The molecular weight excluding hydrogens is 418 g/mol. The molecule has 3 aromatic rings. The van der Waals surface area contributed by atoms with Crippen molar-refractivity contribution in [3.05, 3.63) is 106 Å². The SMILES string of the molecule is O=C1C(=O)N(c2cccc(Br)c2)[C@@H](c2ccccc2)C1=C(O)c1ccccc1. The van der Waals surface area contributed by atoms with Crippen molar-refractivity contribution in [2.45, 2.75) is 6.04 Å². The molecule has 1 amide bonds. The second-order valence-electron chi connectivity index (χ2n) is 6.43. The number of Topliss-reactive ketones (excluding diaryl/α,β-unsaturated/α-hetero) is 1. The lowest BCUT2D eigenvalue weighted by Crippen LogP contribution is -2.29. The minimum Gasteiger partial charge on any atom is -0.507 e. The molecule has 3 aromatic carbocycles. The van der Waals surface area contributed by atoms with Crippen LogP contribution in [-0.2, 0) is 9.59 Å². The van der Waals surface area contributed by atoms with E-state index in [2.05, 4.69) is 15.9 Å². The smallest absolute Gasteiger partial charge is 0.300 e. The molecule has 0 radical (unpaired) electrons. The van der Waals surface area contributed by atoms with E-state index in [0.717, 1.165) is 10.0 Å². The summed E-state index contributed by atoms with van der Waals surface area (Å²) in [5.74, 6) is -1.54. The number of hydrogen-bond donors (Lipinski definition) is 1. The van der Waals surface area contributed by atoms with Crippen molar-refractivity contribution in [2.75, 3.05) is 4.90 Å². The van der Waals surface area contributed by atoms with Gasteiger partial charge in [-0.05, 0) is 23.8 Å². The van der Waals surface area contributed by atoms with Crippen LogP contribution in [-0.4, -0.2) is 16.8 Å². The topological polar surface area (TPSA) is 57.6 Å². The second-order valence-corrected chi connectivity index (χ2v) is 7.34. The summed E-state index contributed by atoms with van der Waals surface area (Å²) in [6.07, 6.45) is 0. The fourth-order valence-corrected chi connectivity index (χ4v) is 3.81. The van der Waals surface area contributed by atoms with Gasteiger partial charge < -0.3 is 5.11 Å². The van der Waals surface area contributed by atoms with Gasteiger partial charge in [0.1, 0.15) is 5.76 Å². The first kappa shape index (κ1) is 18.2. The summed E-state index contributed by atoms with van der Waals surface area (Å²) in [6, 6.07) is 24.5. The second kappa shape index (κ2) is 7.44. The van der Waals surface area contributed by atoms with Crippen molar-refractivity contribution in [1.82, 2.24) is 0 Å². The largest absolute Gasteiger partial charge is 0.507 e. The third-order valence-electron chi connectivity index (χ3n) is 4.69. The van der Waals surface area contributed by atoms with Crippen LogP contribution in [0.5, 0.6) is 0 Å². The number of carbonyl (C=O) groups is 2. The third-order valence-corrected chi connectivity index (χ3v) is 5.19. The van der Waals surface area contributed by atoms with Crippen molar-refractivity contribution in [1.29, 1.82) is 0 Å². The first-order valence-corrected chi connectivity index (χ1v) is 9.54. The van der Waals surface area contributed by atoms with E-state index >= 15 is 0 Å².